The van der Waals surface area contributed by atoms with Crippen LogP contribution in [0.3, 0.4) is 0 Å². The van der Waals surface area contributed by atoms with Gasteiger partial charge in [-0.25, -0.2) is 0 Å². The van der Waals surface area contributed by atoms with Crippen LogP contribution in [-0.4, -0.2) is 6.54 Å². The van der Waals surface area contributed by atoms with Crippen molar-refractivity contribution in [3.8, 4) is 6.07 Å². The van der Waals surface area contributed by atoms with E-state index < -0.39 is 0 Å². The van der Waals surface area contributed by atoms with E-state index in [2.05, 4.69) is 49.5 Å². The maximum Gasteiger partial charge on any atom is 0.101 e. The van der Waals surface area contributed by atoms with E-state index in [0.29, 0.717) is 22.4 Å². The van der Waals surface area contributed by atoms with Gasteiger partial charge < -0.3 is 5.32 Å². The van der Waals surface area contributed by atoms with Crippen molar-refractivity contribution in [1.82, 2.24) is 0 Å². The molecule has 0 saturated carbocycles. The molecule has 1 unspecified atom stereocenters. The normalized spacial score (nSPS) is 12.0. The van der Waals surface area contributed by atoms with E-state index in [1.54, 1.807) is 6.07 Å². The van der Waals surface area contributed by atoms with Gasteiger partial charge in [0.1, 0.15) is 6.07 Å². The minimum Gasteiger partial charge on any atom is -0.384 e. The Bertz CT molecular complexity index is 629. The zero-order chi connectivity index (χ0) is 15.2. The Kier molecular flexibility index (Phi) is 5.25. The van der Waals surface area contributed by atoms with Gasteiger partial charge >= 0.3 is 0 Å². The molecule has 0 aliphatic rings. The second kappa shape index (κ2) is 7.15. The molecule has 2 aromatic rings. The van der Waals surface area contributed by atoms with Gasteiger partial charge in [0.2, 0.25) is 0 Å². The second-order valence-electron chi connectivity index (χ2n) is 5.45. The molecule has 2 nitrogen and oxygen atoms in total. The predicted molar refractivity (Wildman–Crippen MR) is 88.7 cm³/mol. The van der Waals surface area contributed by atoms with E-state index in [9.17, 15) is 0 Å². The van der Waals surface area contributed by atoms with Crippen molar-refractivity contribution in [3.63, 3.8) is 0 Å². The predicted octanol–water partition coefficient (Wildman–Crippen LogP) is 5.06. The van der Waals surface area contributed by atoms with Crippen molar-refractivity contribution < 1.29 is 0 Å². The highest BCUT2D eigenvalue weighted by Gasteiger charge is 2.15. The van der Waals surface area contributed by atoms with Crippen molar-refractivity contribution in [1.29, 1.82) is 5.26 Å². The molecule has 0 aliphatic heterocycles. The molecule has 0 amide bonds. The summed E-state index contributed by atoms with van der Waals surface area (Å²) in [6, 6.07) is 18.0. The third-order valence-corrected chi connectivity index (χ3v) is 3.96. The molecule has 2 aromatic carbocycles. The molecular formula is C18H19ClN2. The van der Waals surface area contributed by atoms with Gasteiger partial charge in [0.15, 0.2) is 0 Å². The molecule has 0 bridgehead atoms. The first-order chi connectivity index (χ1) is 10.1. The van der Waals surface area contributed by atoms with Crippen LogP contribution in [0.2, 0.25) is 5.02 Å². The molecular weight excluding hydrogens is 280 g/mol. The number of halogens is 1. The number of nitriles is 1. The topological polar surface area (TPSA) is 35.8 Å². The monoisotopic (exact) mass is 298 g/mol. The number of hydrogen-bond donors (Lipinski definition) is 1. The van der Waals surface area contributed by atoms with Gasteiger partial charge in [-0.05, 0) is 29.7 Å². The lowest BCUT2D eigenvalue weighted by atomic mass is 9.88. The van der Waals surface area contributed by atoms with Gasteiger partial charge in [0, 0.05) is 18.2 Å². The van der Waals surface area contributed by atoms with Crippen LogP contribution in [0.4, 0.5) is 5.69 Å². The Morgan fingerprint density at radius 3 is 2.43 bits per heavy atom. The highest BCUT2D eigenvalue weighted by Crippen LogP contribution is 2.26. The summed E-state index contributed by atoms with van der Waals surface area (Å²) < 4.78 is 0. The van der Waals surface area contributed by atoms with Crippen LogP contribution in [0.15, 0.2) is 48.5 Å². The van der Waals surface area contributed by atoms with Crippen molar-refractivity contribution in [2.24, 2.45) is 5.92 Å². The first kappa shape index (κ1) is 15.4. The highest BCUT2D eigenvalue weighted by atomic mass is 35.5. The van der Waals surface area contributed by atoms with Crippen LogP contribution in [0.25, 0.3) is 0 Å². The van der Waals surface area contributed by atoms with Gasteiger partial charge in [-0.1, -0.05) is 55.8 Å². The Hall–Kier alpha value is -1.98. The first-order valence-corrected chi connectivity index (χ1v) is 7.48. The molecule has 3 heteroatoms. The summed E-state index contributed by atoms with van der Waals surface area (Å²) in [5.41, 5.74) is 2.78. The van der Waals surface area contributed by atoms with Gasteiger partial charge in [0.05, 0.1) is 10.6 Å². The summed E-state index contributed by atoms with van der Waals surface area (Å²) in [6.07, 6.45) is 0. The average Bonchev–Trinajstić information content (AvgIpc) is 2.48. The summed E-state index contributed by atoms with van der Waals surface area (Å²) in [6.45, 7) is 5.29. The number of benzene rings is 2. The Balaban J connectivity index is 2.10. The third-order valence-electron chi connectivity index (χ3n) is 3.65. The zero-order valence-corrected chi connectivity index (χ0v) is 13.1. The zero-order valence-electron chi connectivity index (χ0n) is 12.3. The minimum atomic E-state index is 0.431. The van der Waals surface area contributed by atoms with Crippen LogP contribution in [0, 0.1) is 17.2 Å². The molecule has 0 spiro atoms. The minimum absolute atomic E-state index is 0.431. The lowest BCUT2D eigenvalue weighted by molar-refractivity contribution is 0.517. The van der Waals surface area contributed by atoms with E-state index >= 15 is 0 Å². The van der Waals surface area contributed by atoms with Crippen LogP contribution < -0.4 is 5.32 Å². The second-order valence-corrected chi connectivity index (χ2v) is 5.86. The molecule has 0 radical (unpaired) electrons. The van der Waals surface area contributed by atoms with E-state index in [0.717, 1.165) is 12.2 Å². The molecule has 0 saturated heterocycles. The number of rotatable bonds is 5. The number of nitrogens with one attached hydrogen (secondary N) is 1. The number of hydrogen-bond acceptors (Lipinski definition) is 2. The molecule has 1 atom stereocenters. The molecule has 2 rings (SSSR count). The summed E-state index contributed by atoms with van der Waals surface area (Å²) in [4.78, 5) is 0. The molecule has 1 N–H and O–H groups in total. The summed E-state index contributed by atoms with van der Waals surface area (Å²) in [5, 5.41) is 12.8. The summed E-state index contributed by atoms with van der Waals surface area (Å²) in [7, 11) is 0. The van der Waals surface area contributed by atoms with Crippen LogP contribution in [0.1, 0.15) is 30.9 Å². The smallest absolute Gasteiger partial charge is 0.101 e. The fourth-order valence-corrected chi connectivity index (χ4v) is 2.61. The van der Waals surface area contributed by atoms with Crippen molar-refractivity contribution in [3.05, 3.63) is 64.7 Å². The lowest BCUT2D eigenvalue weighted by Crippen LogP contribution is -2.17. The highest BCUT2D eigenvalue weighted by molar-refractivity contribution is 6.32. The third kappa shape index (κ3) is 4.00. The molecule has 21 heavy (non-hydrogen) atoms. The molecule has 0 heterocycles. The van der Waals surface area contributed by atoms with Gasteiger partial charge in [0.25, 0.3) is 0 Å². The summed E-state index contributed by atoms with van der Waals surface area (Å²) in [5.74, 6) is 0.967. The van der Waals surface area contributed by atoms with Crippen LogP contribution in [0.5, 0.6) is 0 Å². The largest absolute Gasteiger partial charge is 0.384 e. The maximum atomic E-state index is 8.89. The van der Waals surface area contributed by atoms with Crippen molar-refractivity contribution >= 4 is 17.3 Å². The van der Waals surface area contributed by atoms with Crippen LogP contribution in [-0.2, 0) is 0 Å². The number of nitrogens with zero attached hydrogens (tertiary/aromatic N) is 1. The van der Waals surface area contributed by atoms with Crippen molar-refractivity contribution in [2.45, 2.75) is 19.8 Å². The van der Waals surface area contributed by atoms with Gasteiger partial charge in [-0.2, -0.15) is 5.26 Å². The van der Waals surface area contributed by atoms with Crippen molar-refractivity contribution in [2.75, 3.05) is 11.9 Å². The Morgan fingerprint density at radius 2 is 1.86 bits per heavy atom. The van der Waals surface area contributed by atoms with Gasteiger partial charge in [-0.15, -0.1) is 0 Å². The Labute approximate surface area is 131 Å². The first-order valence-electron chi connectivity index (χ1n) is 7.10. The quantitative estimate of drug-likeness (QED) is 0.837. The summed E-state index contributed by atoms with van der Waals surface area (Å²) >= 11 is 6.06. The fraction of sp³-hybridized carbons (Fsp3) is 0.278. The van der Waals surface area contributed by atoms with E-state index in [1.165, 1.54) is 5.56 Å². The van der Waals surface area contributed by atoms with E-state index in [1.807, 2.05) is 18.2 Å². The molecule has 0 aliphatic carbocycles. The molecule has 0 fully saturated rings. The lowest BCUT2D eigenvalue weighted by Gasteiger charge is -2.22. The average molecular weight is 299 g/mol. The van der Waals surface area contributed by atoms with Gasteiger partial charge in [-0.3, -0.25) is 0 Å². The SMILES string of the molecule is CC(C)C(CNc1ccc(C#N)c(Cl)c1)c1ccccc1. The Morgan fingerprint density at radius 1 is 1.14 bits per heavy atom. The maximum absolute atomic E-state index is 8.89. The fourth-order valence-electron chi connectivity index (χ4n) is 2.38. The van der Waals surface area contributed by atoms with Crippen LogP contribution >= 0.6 is 11.6 Å². The van der Waals surface area contributed by atoms with E-state index in [4.69, 9.17) is 16.9 Å². The van der Waals surface area contributed by atoms with E-state index in [-0.39, 0.29) is 0 Å². The molecule has 108 valence electrons. The molecule has 0 aromatic heterocycles. The standard InChI is InChI=1S/C18H19ClN2/c1-13(2)17(14-6-4-3-5-7-14)12-21-16-9-8-15(11-20)18(19)10-16/h3-10,13,17,21H,12H2,1-2H3. The number of anilines is 1.